The van der Waals surface area contributed by atoms with Gasteiger partial charge in [-0.2, -0.15) is 0 Å². The molecule has 0 aliphatic rings. The van der Waals surface area contributed by atoms with E-state index in [-0.39, 0.29) is 24.8 Å². The second-order valence-electron chi connectivity index (χ2n) is 5.51. The molecule has 0 bridgehead atoms. The minimum absolute atomic E-state index is 0. The van der Waals surface area contributed by atoms with E-state index >= 15 is 0 Å². The Balaban J connectivity index is 0.00000156. The summed E-state index contributed by atoms with van der Waals surface area (Å²) in [5.41, 5.74) is 4.72. The van der Waals surface area contributed by atoms with E-state index in [9.17, 15) is 0 Å². The Bertz CT molecular complexity index is 804. The van der Waals surface area contributed by atoms with Crippen molar-refractivity contribution in [2.24, 2.45) is 0 Å². The van der Waals surface area contributed by atoms with Crippen molar-refractivity contribution in [1.29, 1.82) is 0 Å². The van der Waals surface area contributed by atoms with Crippen LogP contribution in [-0.4, -0.2) is 18.1 Å². The molecule has 0 saturated carbocycles. The van der Waals surface area contributed by atoms with Crippen molar-refractivity contribution in [2.45, 2.75) is 13.8 Å². The van der Waals surface area contributed by atoms with Gasteiger partial charge in [-0.3, -0.25) is 4.98 Å². The smallest absolute Gasteiger partial charge is 0.0707 e. The molecule has 132 valence electrons. The number of hydrogen-bond acceptors (Lipinski definition) is 2. The van der Waals surface area contributed by atoms with Crippen molar-refractivity contribution in [3.8, 4) is 0 Å². The van der Waals surface area contributed by atoms with Crippen molar-refractivity contribution in [3.63, 3.8) is 0 Å². The van der Waals surface area contributed by atoms with Gasteiger partial charge in [0.1, 0.15) is 0 Å². The molecule has 4 heteroatoms. The van der Waals surface area contributed by atoms with Gasteiger partial charge < -0.3 is 4.90 Å². The number of rotatable bonds is 5. The standard InChI is InChI=1S/C21H22N2.2ClH/c1-3-23(4-2)19-13-10-17(11-14-19)9-12-18-15-16-22-21-8-6-5-7-20(18)21;;/h5-16H,3-4H2,1-2H3;2*1H. The fraction of sp³-hybridized carbons (Fsp3) is 0.190. The third-order valence-electron chi connectivity index (χ3n) is 4.16. The summed E-state index contributed by atoms with van der Waals surface area (Å²) in [6, 6.07) is 19.0. The van der Waals surface area contributed by atoms with Crippen LogP contribution in [0.5, 0.6) is 0 Å². The zero-order valence-corrected chi connectivity index (χ0v) is 16.2. The van der Waals surface area contributed by atoms with E-state index < -0.39 is 0 Å². The van der Waals surface area contributed by atoms with Gasteiger partial charge >= 0.3 is 0 Å². The molecule has 0 unspecified atom stereocenters. The number of aromatic nitrogens is 1. The summed E-state index contributed by atoms with van der Waals surface area (Å²) in [6.07, 6.45) is 6.19. The lowest BCUT2D eigenvalue weighted by Crippen LogP contribution is -2.21. The van der Waals surface area contributed by atoms with Crippen LogP contribution < -0.4 is 4.90 Å². The Morgan fingerprint density at radius 2 is 1.52 bits per heavy atom. The highest BCUT2D eigenvalue weighted by Crippen LogP contribution is 2.20. The molecule has 1 aromatic heterocycles. The summed E-state index contributed by atoms with van der Waals surface area (Å²) < 4.78 is 0. The van der Waals surface area contributed by atoms with E-state index in [4.69, 9.17) is 0 Å². The molecule has 0 aliphatic carbocycles. The molecule has 3 rings (SSSR count). The molecule has 1 heterocycles. The van der Waals surface area contributed by atoms with Crippen LogP contribution in [0.3, 0.4) is 0 Å². The van der Waals surface area contributed by atoms with Crippen molar-refractivity contribution in [1.82, 2.24) is 4.98 Å². The van der Waals surface area contributed by atoms with Crippen LogP contribution in [0, 0.1) is 0 Å². The molecule has 0 atom stereocenters. The number of halogens is 2. The number of fused-ring (bicyclic) bond motifs is 1. The highest BCUT2D eigenvalue weighted by molar-refractivity contribution is 5.90. The molecule has 0 fully saturated rings. The number of para-hydroxylation sites is 1. The van der Waals surface area contributed by atoms with E-state index in [2.05, 4.69) is 78.3 Å². The van der Waals surface area contributed by atoms with Crippen LogP contribution in [0.15, 0.2) is 60.8 Å². The molecule has 0 amide bonds. The van der Waals surface area contributed by atoms with Crippen LogP contribution in [0.4, 0.5) is 5.69 Å². The summed E-state index contributed by atoms with van der Waals surface area (Å²) in [7, 11) is 0. The molecular formula is C21H24Cl2N2. The minimum Gasteiger partial charge on any atom is -0.372 e. The monoisotopic (exact) mass is 374 g/mol. The number of pyridine rings is 1. The van der Waals surface area contributed by atoms with Gasteiger partial charge in [0.2, 0.25) is 0 Å². The van der Waals surface area contributed by atoms with Crippen LogP contribution in [0.25, 0.3) is 23.1 Å². The highest BCUT2D eigenvalue weighted by atomic mass is 35.5. The number of hydrogen-bond donors (Lipinski definition) is 0. The maximum atomic E-state index is 4.41. The summed E-state index contributed by atoms with van der Waals surface area (Å²) in [5, 5.41) is 1.19. The quantitative estimate of drug-likeness (QED) is 0.536. The molecular weight excluding hydrogens is 351 g/mol. The van der Waals surface area contributed by atoms with E-state index in [0.717, 1.165) is 18.6 Å². The van der Waals surface area contributed by atoms with Crippen LogP contribution in [0.2, 0.25) is 0 Å². The van der Waals surface area contributed by atoms with Crippen molar-refractivity contribution < 1.29 is 0 Å². The van der Waals surface area contributed by atoms with Crippen molar-refractivity contribution in [3.05, 3.63) is 71.9 Å². The van der Waals surface area contributed by atoms with Crippen LogP contribution in [-0.2, 0) is 0 Å². The molecule has 0 spiro atoms. The Labute approximate surface area is 162 Å². The average Bonchev–Trinajstić information content (AvgIpc) is 2.62. The third-order valence-corrected chi connectivity index (χ3v) is 4.16. The van der Waals surface area contributed by atoms with E-state index in [1.54, 1.807) is 0 Å². The Morgan fingerprint density at radius 3 is 2.20 bits per heavy atom. The second kappa shape index (κ2) is 10.1. The summed E-state index contributed by atoms with van der Waals surface area (Å²) in [4.78, 5) is 6.76. The molecule has 2 nitrogen and oxygen atoms in total. The van der Waals surface area contributed by atoms with Gasteiger partial charge in [-0.1, -0.05) is 42.5 Å². The fourth-order valence-corrected chi connectivity index (χ4v) is 2.83. The summed E-state index contributed by atoms with van der Waals surface area (Å²) in [5.74, 6) is 0. The zero-order valence-electron chi connectivity index (χ0n) is 14.6. The minimum atomic E-state index is 0. The van der Waals surface area contributed by atoms with Gasteiger partial charge in [-0.05, 0) is 49.2 Å². The summed E-state index contributed by atoms with van der Waals surface area (Å²) in [6.45, 7) is 6.45. The number of anilines is 1. The topological polar surface area (TPSA) is 16.1 Å². The normalized spacial score (nSPS) is 10.3. The lowest BCUT2D eigenvalue weighted by molar-refractivity contribution is 0.866. The first-order chi connectivity index (χ1) is 11.3. The maximum absolute atomic E-state index is 4.41. The SMILES string of the molecule is CCN(CC)c1ccc(C=Cc2ccnc3ccccc23)cc1.Cl.Cl. The molecule has 3 aromatic rings. The van der Waals surface area contributed by atoms with Crippen molar-refractivity contribution in [2.75, 3.05) is 18.0 Å². The van der Waals surface area contributed by atoms with Gasteiger partial charge in [0.05, 0.1) is 5.52 Å². The zero-order chi connectivity index (χ0) is 16.1. The van der Waals surface area contributed by atoms with Gasteiger partial charge in [0.25, 0.3) is 0 Å². The summed E-state index contributed by atoms with van der Waals surface area (Å²) >= 11 is 0. The maximum Gasteiger partial charge on any atom is 0.0707 e. The lowest BCUT2D eigenvalue weighted by Gasteiger charge is -2.20. The molecule has 0 aliphatic heterocycles. The first kappa shape index (κ1) is 21.0. The molecule has 0 N–H and O–H groups in total. The van der Waals surface area contributed by atoms with E-state index in [0.29, 0.717) is 0 Å². The van der Waals surface area contributed by atoms with E-state index in [1.807, 2.05) is 18.3 Å². The van der Waals surface area contributed by atoms with Gasteiger partial charge in [-0.15, -0.1) is 24.8 Å². The predicted octanol–water partition coefficient (Wildman–Crippen LogP) is 6.10. The van der Waals surface area contributed by atoms with Gasteiger partial charge in [0.15, 0.2) is 0 Å². The largest absolute Gasteiger partial charge is 0.372 e. The highest BCUT2D eigenvalue weighted by Gasteiger charge is 2.01. The van der Waals surface area contributed by atoms with Crippen molar-refractivity contribution >= 4 is 53.6 Å². The first-order valence-electron chi connectivity index (χ1n) is 8.18. The van der Waals surface area contributed by atoms with Crippen LogP contribution >= 0.6 is 24.8 Å². The Hall–Kier alpha value is -2.03. The number of nitrogens with zero attached hydrogens (tertiary/aromatic N) is 2. The number of benzene rings is 2. The Morgan fingerprint density at radius 1 is 0.840 bits per heavy atom. The predicted molar refractivity (Wildman–Crippen MR) is 115 cm³/mol. The van der Waals surface area contributed by atoms with Gasteiger partial charge in [0, 0.05) is 30.4 Å². The third kappa shape index (κ3) is 4.97. The van der Waals surface area contributed by atoms with Crippen LogP contribution in [0.1, 0.15) is 25.0 Å². The fourth-order valence-electron chi connectivity index (χ4n) is 2.83. The Kier molecular flexibility index (Phi) is 8.47. The molecule has 0 radical (unpaired) electrons. The molecule has 2 aromatic carbocycles. The van der Waals surface area contributed by atoms with Gasteiger partial charge in [-0.25, -0.2) is 0 Å². The molecule has 0 saturated heterocycles. The molecule has 25 heavy (non-hydrogen) atoms. The lowest BCUT2D eigenvalue weighted by atomic mass is 10.1. The van der Waals surface area contributed by atoms with E-state index in [1.165, 1.54) is 22.2 Å². The average molecular weight is 375 g/mol. The first-order valence-corrected chi connectivity index (χ1v) is 8.18. The second-order valence-corrected chi connectivity index (χ2v) is 5.51.